The number of benzene rings is 5. The summed E-state index contributed by atoms with van der Waals surface area (Å²) in [5.41, 5.74) is 0.970. The van der Waals surface area contributed by atoms with Crippen LogP contribution in [0.5, 0.6) is 5.75 Å². The molecule has 7 rings (SSSR count). The summed E-state index contributed by atoms with van der Waals surface area (Å²) < 4.78 is 80.5. The Kier molecular flexibility index (Phi) is 10.7. The highest BCUT2D eigenvalue weighted by atomic mass is 35.5. The summed E-state index contributed by atoms with van der Waals surface area (Å²) in [6, 6.07) is 21.6. The van der Waals surface area contributed by atoms with Crippen LogP contribution in [0, 0.1) is 17.5 Å². The Morgan fingerprint density at radius 3 is 2.35 bits per heavy atom. The number of amides is 1. The van der Waals surface area contributed by atoms with Crippen LogP contribution in [0.1, 0.15) is 23.0 Å². The van der Waals surface area contributed by atoms with E-state index in [1.54, 1.807) is 36.4 Å². The van der Waals surface area contributed by atoms with Gasteiger partial charge in [-0.25, -0.2) is 31.4 Å². The van der Waals surface area contributed by atoms with E-state index in [9.17, 15) is 36.3 Å². The van der Waals surface area contributed by atoms with Crippen molar-refractivity contribution in [2.24, 2.45) is 7.05 Å². The zero-order chi connectivity index (χ0) is 40.6. The second-order valence-corrected chi connectivity index (χ2v) is 15.3. The number of carbonyl (C=O) groups is 1. The number of carboxylic acid groups (broad SMARTS) is 1. The van der Waals surface area contributed by atoms with Crippen LogP contribution in [0.2, 0.25) is 5.02 Å². The molecule has 57 heavy (non-hydrogen) atoms. The van der Waals surface area contributed by atoms with Crippen LogP contribution >= 0.6 is 11.6 Å². The molecule has 0 aliphatic heterocycles. The number of halogens is 4. The summed E-state index contributed by atoms with van der Waals surface area (Å²) >= 11 is 6.70. The van der Waals surface area contributed by atoms with E-state index >= 15 is 0 Å². The molecule has 2 heterocycles. The maximum absolute atomic E-state index is 14.9. The van der Waals surface area contributed by atoms with Crippen LogP contribution in [0.15, 0.2) is 102 Å². The van der Waals surface area contributed by atoms with Crippen molar-refractivity contribution in [2.45, 2.75) is 18.9 Å². The van der Waals surface area contributed by atoms with Gasteiger partial charge in [0, 0.05) is 25.1 Å². The summed E-state index contributed by atoms with van der Waals surface area (Å²) in [4.78, 5) is 31.8. The first-order valence-corrected chi connectivity index (χ1v) is 19.3. The third-order valence-electron chi connectivity index (χ3n) is 9.28. The third-order valence-corrected chi connectivity index (χ3v) is 10.8. The highest BCUT2D eigenvalue weighted by molar-refractivity contribution is 7.92. The largest absolute Gasteiger partial charge is 0.497 e. The van der Waals surface area contributed by atoms with Crippen molar-refractivity contribution in [2.75, 3.05) is 17.6 Å². The molecule has 12 nitrogen and oxygen atoms in total. The van der Waals surface area contributed by atoms with Gasteiger partial charge in [0.15, 0.2) is 5.82 Å². The molecule has 2 aromatic heterocycles. The quantitative estimate of drug-likeness (QED) is 0.114. The number of ether oxygens (including phenoxy) is 1. The fraction of sp³-hybridized carbons (Fsp3) is 0.150. The van der Waals surface area contributed by atoms with E-state index in [1.165, 1.54) is 61.3 Å². The van der Waals surface area contributed by atoms with E-state index in [-0.39, 0.29) is 73.9 Å². The molecule has 0 saturated heterocycles. The monoisotopic (exact) mass is 816 g/mol. The second-order valence-electron chi connectivity index (χ2n) is 13.1. The van der Waals surface area contributed by atoms with Crippen molar-refractivity contribution in [1.82, 2.24) is 24.6 Å². The van der Waals surface area contributed by atoms with Gasteiger partial charge >= 0.3 is 6.09 Å². The van der Waals surface area contributed by atoms with Crippen LogP contribution in [0.4, 0.5) is 23.8 Å². The number of nitrogens with zero attached hydrogens (tertiary/aromatic N) is 4. The van der Waals surface area contributed by atoms with Gasteiger partial charge < -0.3 is 15.2 Å². The molecule has 0 fully saturated rings. The molecule has 1 amide bonds. The van der Waals surface area contributed by atoms with Gasteiger partial charge in [-0.05, 0) is 77.7 Å². The summed E-state index contributed by atoms with van der Waals surface area (Å²) in [6.45, 7) is 0. The number of nitrogens with one attached hydrogen (secondary N) is 2. The number of methoxy groups -OCH3 is 1. The molecule has 292 valence electrons. The SMILES string of the molecule is COc1ccc(CCS(=O)(=O)Nc2nn(C)c3c(-n4c([C@H](Cc5cc(F)cc(F)c5)NC(=O)O)nc5cc(-c6ccccc6F)ccc5c4=O)ccc(Cl)c23)cc1. The molecule has 0 radical (unpaired) electrons. The topological polar surface area (TPSA) is 157 Å². The molecule has 1 atom stereocenters. The Bertz CT molecular complexity index is 2850. The van der Waals surface area contributed by atoms with Crippen molar-refractivity contribution in [3.63, 3.8) is 0 Å². The number of hydrogen-bond donors (Lipinski definition) is 3. The van der Waals surface area contributed by atoms with Gasteiger partial charge in [-0.2, -0.15) is 5.10 Å². The molecule has 0 aliphatic rings. The minimum Gasteiger partial charge on any atom is -0.497 e. The lowest BCUT2D eigenvalue weighted by Crippen LogP contribution is -2.35. The van der Waals surface area contributed by atoms with Gasteiger partial charge in [-0.15, -0.1) is 0 Å². The summed E-state index contributed by atoms with van der Waals surface area (Å²) in [7, 11) is -1.00. The molecule has 0 unspecified atom stereocenters. The van der Waals surface area contributed by atoms with Gasteiger partial charge in [0.25, 0.3) is 5.56 Å². The van der Waals surface area contributed by atoms with Crippen molar-refractivity contribution in [3.05, 3.63) is 147 Å². The summed E-state index contributed by atoms with van der Waals surface area (Å²) in [5.74, 6) is -2.40. The molecule has 3 N–H and O–H groups in total. The number of anilines is 1. The number of sulfonamides is 1. The molecule has 0 bridgehead atoms. The maximum atomic E-state index is 14.9. The zero-order valence-corrected chi connectivity index (χ0v) is 31.7. The molecule has 0 spiro atoms. The predicted octanol–water partition coefficient (Wildman–Crippen LogP) is 7.55. The Labute approximate surface area is 328 Å². The Hall–Kier alpha value is -6.39. The van der Waals surface area contributed by atoms with E-state index in [2.05, 4.69) is 15.1 Å². The number of hydrogen-bond acceptors (Lipinski definition) is 7. The lowest BCUT2D eigenvalue weighted by atomic mass is 10.0. The van der Waals surface area contributed by atoms with Crippen molar-refractivity contribution < 1.29 is 36.2 Å². The van der Waals surface area contributed by atoms with Crippen LogP contribution in [-0.4, -0.2) is 51.8 Å². The second kappa shape index (κ2) is 15.6. The van der Waals surface area contributed by atoms with Gasteiger partial charge in [-0.1, -0.05) is 48.0 Å². The van der Waals surface area contributed by atoms with Gasteiger partial charge in [0.1, 0.15) is 29.0 Å². The normalized spacial score (nSPS) is 12.2. The van der Waals surface area contributed by atoms with Crippen molar-refractivity contribution in [1.29, 1.82) is 0 Å². The van der Waals surface area contributed by atoms with Crippen LogP contribution < -0.4 is 20.3 Å². The Morgan fingerprint density at radius 2 is 1.67 bits per heavy atom. The number of rotatable bonds is 12. The van der Waals surface area contributed by atoms with Gasteiger partial charge in [0.05, 0.1) is 51.4 Å². The van der Waals surface area contributed by atoms with Crippen LogP contribution in [-0.2, 0) is 29.9 Å². The average Bonchev–Trinajstić information content (AvgIpc) is 3.49. The number of fused-ring (bicyclic) bond motifs is 2. The van der Waals surface area contributed by atoms with Crippen LogP contribution in [0.25, 0.3) is 38.6 Å². The highest BCUT2D eigenvalue weighted by Crippen LogP contribution is 2.36. The van der Waals surface area contributed by atoms with Gasteiger partial charge in [0.2, 0.25) is 10.0 Å². The zero-order valence-electron chi connectivity index (χ0n) is 30.1. The molecule has 17 heteroatoms. The van der Waals surface area contributed by atoms with E-state index in [1.807, 2.05) is 0 Å². The van der Waals surface area contributed by atoms with Crippen molar-refractivity contribution >= 4 is 55.3 Å². The minimum atomic E-state index is -4.02. The Morgan fingerprint density at radius 1 is 0.947 bits per heavy atom. The molecule has 0 saturated carbocycles. The minimum absolute atomic E-state index is 0.0420. The third kappa shape index (κ3) is 8.13. The lowest BCUT2D eigenvalue weighted by Gasteiger charge is -2.23. The van der Waals surface area contributed by atoms with Crippen LogP contribution in [0.3, 0.4) is 0 Å². The van der Waals surface area contributed by atoms with E-state index in [0.717, 1.165) is 22.3 Å². The lowest BCUT2D eigenvalue weighted by molar-refractivity contribution is 0.189. The number of aryl methyl sites for hydroxylation is 2. The van der Waals surface area contributed by atoms with E-state index in [4.69, 9.17) is 21.3 Å². The highest BCUT2D eigenvalue weighted by Gasteiger charge is 2.28. The average molecular weight is 817 g/mol. The number of aromatic nitrogens is 4. The van der Waals surface area contributed by atoms with Crippen molar-refractivity contribution in [3.8, 4) is 22.6 Å². The fourth-order valence-electron chi connectivity index (χ4n) is 6.71. The standard InChI is InChI=1S/C40H32ClF3N6O6S/c1-49-36-34(14-13-30(41)35(36)37(47-49)48-57(54,55)16-15-22-7-10-27(56-2)11-8-22)50-38(33(46-40(52)53)19-23-17-25(42)21-26(43)18-23)45-32-20-24(9-12-29(32)39(50)51)28-5-3-4-6-31(28)44/h3-14,17-18,20-21,33,46H,15-16,19H2,1-2H3,(H,47,48)(H,52,53)/t33-/m0/s1. The predicted molar refractivity (Wildman–Crippen MR) is 210 cm³/mol. The van der Waals surface area contributed by atoms with Gasteiger partial charge in [-0.3, -0.25) is 18.8 Å². The molecular weight excluding hydrogens is 785 g/mol. The molecule has 0 aliphatic carbocycles. The Balaban J connectivity index is 1.40. The first kappa shape index (κ1) is 38.9. The molecule has 5 aromatic carbocycles. The first-order chi connectivity index (χ1) is 27.2. The smallest absolute Gasteiger partial charge is 0.405 e. The molecular formula is C40H32ClF3N6O6S. The van der Waals surface area contributed by atoms with E-state index in [0.29, 0.717) is 17.4 Å². The first-order valence-electron chi connectivity index (χ1n) is 17.3. The molecule has 7 aromatic rings. The maximum Gasteiger partial charge on any atom is 0.405 e. The fourth-order valence-corrected chi connectivity index (χ4v) is 7.99. The summed E-state index contributed by atoms with van der Waals surface area (Å²) in [5, 5.41) is 17.0. The van der Waals surface area contributed by atoms with E-state index < -0.39 is 45.2 Å². The summed E-state index contributed by atoms with van der Waals surface area (Å²) in [6.07, 6.45) is -1.74.